The minimum absolute atomic E-state index is 0.0836. The van der Waals surface area contributed by atoms with Gasteiger partial charge in [-0.3, -0.25) is 0 Å². The number of rotatable bonds is 15. The Bertz CT molecular complexity index is 1580. The van der Waals surface area contributed by atoms with E-state index in [1.165, 1.54) is 0 Å². The van der Waals surface area contributed by atoms with Crippen LogP contribution in [0.25, 0.3) is 16.5 Å². The molecule has 3 rings (SSSR count). The van der Waals surface area contributed by atoms with Crippen LogP contribution in [0, 0.1) is 5.92 Å². The van der Waals surface area contributed by atoms with Crippen LogP contribution in [0.4, 0.5) is 0 Å². The summed E-state index contributed by atoms with van der Waals surface area (Å²) in [5.74, 6) is -0.844. The summed E-state index contributed by atoms with van der Waals surface area (Å²) >= 11 is 0. The molecule has 2 aromatic rings. The topological polar surface area (TPSA) is 109 Å². The highest BCUT2D eigenvalue weighted by Gasteiger charge is 2.23. The molecule has 0 fully saturated rings. The maximum absolute atomic E-state index is 13.3. The Balaban J connectivity index is 1.86. The summed E-state index contributed by atoms with van der Waals surface area (Å²) in [5, 5.41) is 0.811. The molecule has 1 aromatic carbocycles. The third kappa shape index (κ3) is 9.53. The molecule has 1 atom stereocenters. The molecule has 8 nitrogen and oxygen atoms in total. The Labute approximate surface area is 258 Å². The molecular formula is C36H42O8. The molecule has 1 aliphatic rings. The molecule has 0 saturated heterocycles. The smallest absolute Gasteiger partial charge is 0.343 e. The number of benzene rings is 1. The lowest BCUT2D eigenvalue weighted by Crippen LogP contribution is -2.15. The van der Waals surface area contributed by atoms with Gasteiger partial charge in [0, 0.05) is 28.5 Å². The van der Waals surface area contributed by atoms with Crippen molar-refractivity contribution in [1.29, 1.82) is 0 Å². The average molecular weight is 603 g/mol. The highest BCUT2D eigenvalue weighted by molar-refractivity contribution is 5.88. The first-order valence-electron chi connectivity index (χ1n) is 14.9. The standard InChI is InChI=1S/C36H42O8/c1-22(2)33(37)41-16-10-8-12-26-19-27(13-9-11-17-42-34(38)23(3)4)32-28(20-26)21-31(36(40)44-32)30-15-14-29(18-25(30)7)43-35(39)24(5)6/h14-15,19-21,25H,1,3,5,8-13,16-18H2,2,4,6-7H3. The van der Waals surface area contributed by atoms with Crippen molar-refractivity contribution in [1.82, 2.24) is 0 Å². The van der Waals surface area contributed by atoms with Gasteiger partial charge >= 0.3 is 23.5 Å². The highest BCUT2D eigenvalue weighted by atomic mass is 16.5. The fourth-order valence-corrected chi connectivity index (χ4v) is 4.80. The van der Waals surface area contributed by atoms with Crippen LogP contribution in [0.2, 0.25) is 0 Å². The van der Waals surface area contributed by atoms with E-state index in [4.69, 9.17) is 18.6 Å². The van der Waals surface area contributed by atoms with Gasteiger partial charge in [-0.1, -0.05) is 38.8 Å². The summed E-state index contributed by atoms with van der Waals surface area (Å²) in [6, 6.07) is 5.96. The van der Waals surface area contributed by atoms with Crippen LogP contribution in [0.3, 0.4) is 0 Å². The Morgan fingerprint density at radius 1 is 0.818 bits per heavy atom. The molecular weight excluding hydrogens is 560 g/mol. The first kappa shape index (κ1) is 34.0. The van der Waals surface area contributed by atoms with Crippen molar-refractivity contribution < 1.29 is 33.0 Å². The molecule has 44 heavy (non-hydrogen) atoms. The van der Waals surface area contributed by atoms with E-state index in [1.807, 2.05) is 19.1 Å². The normalized spacial score (nSPS) is 14.3. The molecule has 1 heterocycles. The largest absolute Gasteiger partial charge is 0.462 e. The Morgan fingerprint density at radius 3 is 1.98 bits per heavy atom. The maximum Gasteiger partial charge on any atom is 0.343 e. The molecule has 0 N–H and O–H groups in total. The molecule has 0 aliphatic heterocycles. The van der Waals surface area contributed by atoms with Crippen molar-refractivity contribution in [2.75, 3.05) is 13.2 Å². The second kappa shape index (κ2) is 15.8. The van der Waals surface area contributed by atoms with E-state index >= 15 is 0 Å². The van der Waals surface area contributed by atoms with Gasteiger partial charge in [0.25, 0.3) is 0 Å². The molecule has 0 radical (unpaired) electrons. The molecule has 0 amide bonds. The minimum atomic E-state index is -0.478. The minimum Gasteiger partial charge on any atom is -0.462 e. The molecule has 0 bridgehead atoms. The predicted molar refractivity (Wildman–Crippen MR) is 171 cm³/mol. The number of ether oxygens (including phenoxy) is 3. The van der Waals surface area contributed by atoms with Gasteiger partial charge in [0.05, 0.1) is 18.8 Å². The van der Waals surface area contributed by atoms with E-state index in [2.05, 4.69) is 25.8 Å². The van der Waals surface area contributed by atoms with Gasteiger partial charge in [-0.2, -0.15) is 0 Å². The van der Waals surface area contributed by atoms with Crippen LogP contribution in [-0.4, -0.2) is 31.1 Å². The van der Waals surface area contributed by atoms with Gasteiger partial charge in [0.1, 0.15) is 11.3 Å². The molecule has 1 aromatic heterocycles. The summed E-state index contributed by atoms with van der Waals surface area (Å²) < 4.78 is 21.8. The first-order chi connectivity index (χ1) is 20.9. The number of hydrogen-bond acceptors (Lipinski definition) is 8. The maximum atomic E-state index is 13.3. The van der Waals surface area contributed by atoms with Crippen LogP contribution >= 0.6 is 0 Å². The first-order valence-corrected chi connectivity index (χ1v) is 14.9. The summed E-state index contributed by atoms with van der Waals surface area (Å²) in [6.07, 6.45) is 8.22. The number of esters is 3. The lowest BCUT2D eigenvalue weighted by Gasteiger charge is -2.21. The second-order valence-corrected chi connectivity index (χ2v) is 11.4. The average Bonchev–Trinajstić information content (AvgIpc) is 2.96. The monoisotopic (exact) mass is 602 g/mol. The van der Waals surface area contributed by atoms with Crippen LogP contribution in [-0.2, 0) is 41.4 Å². The zero-order valence-electron chi connectivity index (χ0n) is 26.2. The van der Waals surface area contributed by atoms with E-state index in [0.29, 0.717) is 65.9 Å². The third-order valence-electron chi connectivity index (χ3n) is 7.20. The molecule has 0 spiro atoms. The van der Waals surface area contributed by atoms with Crippen molar-refractivity contribution >= 4 is 34.5 Å². The molecule has 1 aliphatic carbocycles. The number of allylic oxidation sites excluding steroid dienone is 4. The van der Waals surface area contributed by atoms with Crippen molar-refractivity contribution in [2.45, 2.75) is 72.6 Å². The van der Waals surface area contributed by atoms with Crippen LogP contribution < -0.4 is 5.63 Å². The Morgan fingerprint density at radius 2 is 1.41 bits per heavy atom. The highest BCUT2D eigenvalue weighted by Crippen LogP contribution is 2.33. The van der Waals surface area contributed by atoms with Crippen LogP contribution in [0.15, 0.2) is 81.8 Å². The van der Waals surface area contributed by atoms with E-state index < -0.39 is 23.5 Å². The van der Waals surface area contributed by atoms with E-state index in [9.17, 15) is 19.2 Å². The van der Waals surface area contributed by atoms with Crippen molar-refractivity contribution in [3.8, 4) is 0 Å². The SMILES string of the molecule is C=C(C)C(=O)OCCCCc1cc(CCCCOC(=O)C(=C)C)c2oc(=O)c(C3=CC=C(OC(=O)C(=C)C)CC3C)cc2c1. The Kier molecular flexibility index (Phi) is 12.3. The Hall–Kier alpha value is -4.46. The second-order valence-electron chi connectivity index (χ2n) is 11.4. The van der Waals surface area contributed by atoms with E-state index in [1.54, 1.807) is 32.9 Å². The third-order valence-corrected chi connectivity index (χ3v) is 7.20. The van der Waals surface area contributed by atoms with Crippen molar-refractivity contribution in [3.05, 3.63) is 99.7 Å². The predicted octanol–water partition coefficient (Wildman–Crippen LogP) is 7.10. The molecule has 234 valence electrons. The van der Waals surface area contributed by atoms with Gasteiger partial charge in [0.2, 0.25) is 0 Å². The van der Waals surface area contributed by atoms with Gasteiger partial charge in [-0.05, 0) is 100 Å². The molecule has 8 heteroatoms. The summed E-state index contributed by atoms with van der Waals surface area (Å²) in [6.45, 7) is 18.2. The number of unbranched alkanes of at least 4 members (excludes halogenated alkanes) is 2. The quantitative estimate of drug-likeness (QED) is 0.0698. The zero-order valence-corrected chi connectivity index (χ0v) is 26.2. The van der Waals surface area contributed by atoms with E-state index in [-0.39, 0.29) is 12.5 Å². The van der Waals surface area contributed by atoms with Gasteiger partial charge in [0.15, 0.2) is 0 Å². The number of carbonyl (C=O) groups excluding carboxylic acids is 3. The zero-order chi connectivity index (χ0) is 32.4. The summed E-state index contributed by atoms with van der Waals surface area (Å²) in [5.41, 5.74) is 4.40. The number of fused-ring (bicyclic) bond motifs is 1. The van der Waals surface area contributed by atoms with Crippen molar-refractivity contribution in [2.24, 2.45) is 5.92 Å². The summed E-state index contributed by atoms with van der Waals surface area (Å²) in [4.78, 5) is 48.6. The van der Waals surface area contributed by atoms with Gasteiger partial charge < -0.3 is 18.6 Å². The number of aryl methyl sites for hydroxylation is 2. The number of carbonyl (C=O) groups is 3. The van der Waals surface area contributed by atoms with Crippen LogP contribution in [0.1, 0.15) is 76.5 Å². The number of hydrogen-bond donors (Lipinski definition) is 0. The lowest BCUT2D eigenvalue weighted by atomic mass is 9.87. The fraction of sp³-hybridized carbons (Fsp3) is 0.389. The van der Waals surface area contributed by atoms with Crippen molar-refractivity contribution in [3.63, 3.8) is 0 Å². The molecule has 0 saturated carbocycles. The van der Waals surface area contributed by atoms with Gasteiger partial charge in [-0.25, -0.2) is 19.2 Å². The summed E-state index contributed by atoms with van der Waals surface area (Å²) in [7, 11) is 0. The van der Waals surface area contributed by atoms with E-state index in [0.717, 1.165) is 41.3 Å². The fourth-order valence-electron chi connectivity index (χ4n) is 4.80. The lowest BCUT2D eigenvalue weighted by molar-refractivity contribution is -0.139. The molecule has 1 unspecified atom stereocenters. The van der Waals surface area contributed by atoms with Gasteiger partial charge in [-0.15, -0.1) is 0 Å². The van der Waals surface area contributed by atoms with Crippen LogP contribution in [0.5, 0.6) is 0 Å².